The molecule has 1 N–H and O–H groups in total. The third kappa shape index (κ3) is 4.22. The molecule has 0 bridgehead atoms. The third-order valence-electron chi connectivity index (χ3n) is 4.89. The maximum absolute atomic E-state index is 14.1. The summed E-state index contributed by atoms with van der Waals surface area (Å²) in [5.74, 6) is -1.20. The van der Waals surface area contributed by atoms with Crippen molar-refractivity contribution in [3.63, 3.8) is 0 Å². The van der Waals surface area contributed by atoms with Crippen LogP contribution in [0.4, 0.5) is 4.39 Å². The van der Waals surface area contributed by atoms with E-state index in [9.17, 15) is 17.6 Å². The molecule has 26 heavy (non-hydrogen) atoms. The molecule has 144 valence electrons. The zero-order valence-electron chi connectivity index (χ0n) is 14.8. The first-order valence-electron chi connectivity index (χ1n) is 8.77. The lowest BCUT2D eigenvalue weighted by Crippen LogP contribution is -2.50. The summed E-state index contributed by atoms with van der Waals surface area (Å²) in [6, 6.07) is 3.27. The van der Waals surface area contributed by atoms with Crippen LogP contribution in [0.3, 0.4) is 0 Å². The van der Waals surface area contributed by atoms with Gasteiger partial charge in [-0.25, -0.2) is 17.5 Å². The summed E-state index contributed by atoms with van der Waals surface area (Å²) in [5, 5.41) is 0. The van der Waals surface area contributed by atoms with Crippen LogP contribution in [-0.4, -0.2) is 76.6 Å². The first kappa shape index (κ1) is 19.2. The second-order valence-electron chi connectivity index (χ2n) is 6.58. The molecule has 3 rings (SSSR count). The van der Waals surface area contributed by atoms with E-state index in [1.165, 1.54) is 7.05 Å². The van der Waals surface area contributed by atoms with E-state index < -0.39 is 21.7 Å². The van der Waals surface area contributed by atoms with Gasteiger partial charge in [0.1, 0.15) is 5.82 Å². The maximum atomic E-state index is 14.1. The molecule has 2 fully saturated rings. The van der Waals surface area contributed by atoms with E-state index in [0.717, 1.165) is 44.2 Å². The average Bonchev–Trinajstić information content (AvgIpc) is 3.15. The Morgan fingerprint density at radius 2 is 2.04 bits per heavy atom. The molecule has 1 amide bonds. The minimum absolute atomic E-state index is 0.123. The zero-order chi connectivity index (χ0) is 18.7. The normalized spacial score (nSPS) is 21.9. The van der Waals surface area contributed by atoms with Crippen LogP contribution in [0.25, 0.3) is 0 Å². The summed E-state index contributed by atoms with van der Waals surface area (Å²) in [7, 11) is -2.46. The predicted octanol–water partition coefficient (Wildman–Crippen LogP) is 0.671. The van der Waals surface area contributed by atoms with Gasteiger partial charge in [-0.15, -0.1) is 0 Å². The van der Waals surface area contributed by atoms with Crippen molar-refractivity contribution >= 4 is 15.9 Å². The maximum Gasteiger partial charge on any atom is 0.256 e. The molecule has 0 aromatic heterocycles. The first-order chi connectivity index (χ1) is 12.4. The number of ether oxygens (including phenoxy) is 1. The number of carbonyl (C=O) groups excluding carboxylic acids is 1. The van der Waals surface area contributed by atoms with E-state index in [-0.39, 0.29) is 16.6 Å². The van der Waals surface area contributed by atoms with E-state index in [1.807, 2.05) is 0 Å². The van der Waals surface area contributed by atoms with Crippen molar-refractivity contribution in [2.24, 2.45) is 0 Å². The number of carbonyl (C=O) groups is 1. The van der Waals surface area contributed by atoms with E-state index in [0.29, 0.717) is 26.2 Å². The molecule has 1 aromatic rings. The van der Waals surface area contributed by atoms with Crippen LogP contribution in [0.2, 0.25) is 0 Å². The van der Waals surface area contributed by atoms with Crippen LogP contribution >= 0.6 is 0 Å². The Balaban J connectivity index is 1.65. The molecule has 0 aliphatic carbocycles. The Labute approximate surface area is 153 Å². The van der Waals surface area contributed by atoms with Crippen molar-refractivity contribution in [3.05, 3.63) is 29.6 Å². The van der Waals surface area contributed by atoms with Gasteiger partial charge in [0.15, 0.2) is 0 Å². The Morgan fingerprint density at radius 1 is 1.31 bits per heavy atom. The number of rotatable bonds is 5. The van der Waals surface area contributed by atoms with Crippen LogP contribution in [-0.2, 0) is 14.8 Å². The molecule has 1 aromatic carbocycles. The molecule has 2 aliphatic rings. The largest absolute Gasteiger partial charge is 0.377 e. The van der Waals surface area contributed by atoms with Gasteiger partial charge in [0, 0.05) is 39.3 Å². The first-order valence-corrected chi connectivity index (χ1v) is 10.3. The standard InChI is InChI=1S/C17H24FN3O4S/c1-19-26(23,24)14-4-5-16(18)15(11-14)17(22)21-8-6-20(7-9-21)12-13-3-2-10-25-13/h4-5,11,13,19H,2-3,6-10,12H2,1H3. The van der Waals surface area contributed by atoms with Crippen molar-refractivity contribution in [1.82, 2.24) is 14.5 Å². The number of piperazine rings is 1. The number of hydrogen-bond donors (Lipinski definition) is 1. The minimum atomic E-state index is -3.73. The van der Waals surface area contributed by atoms with Crippen LogP contribution < -0.4 is 4.72 Å². The summed E-state index contributed by atoms with van der Waals surface area (Å²) >= 11 is 0. The topological polar surface area (TPSA) is 79.0 Å². The molecule has 7 nitrogen and oxygen atoms in total. The number of amides is 1. The van der Waals surface area contributed by atoms with Gasteiger partial charge < -0.3 is 9.64 Å². The zero-order valence-corrected chi connectivity index (χ0v) is 15.6. The second kappa shape index (κ2) is 7.99. The fraction of sp³-hybridized carbons (Fsp3) is 0.588. The number of hydrogen-bond acceptors (Lipinski definition) is 5. The lowest BCUT2D eigenvalue weighted by atomic mass is 10.1. The van der Waals surface area contributed by atoms with Crippen molar-refractivity contribution in [3.8, 4) is 0 Å². The Kier molecular flexibility index (Phi) is 5.91. The molecule has 1 unspecified atom stereocenters. The predicted molar refractivity (Wildman–Crippen MR) is 94.0 cm³/mol. The number of nitrogens with zero attached hydrogens (tertiary/aromatic N) is 2. The molecule has 0 spiro atoms. The van der Waals surface area contributed by atoms with E-state index >= 15 is 0 Å². The summed E-state index contributed by atoms with van der Waals surface area (Å²) in [5.41, 5.74) is -0.214. The molecule has 2 saturated heterocycles. The Bertz CT molecular complexity index is 757. The van der Waals surface area contributed by atoms with E-state index in [4.69, 9.17) is 4.74 Å². The van der Waals surface area contributed by atoms with Gasteiger partial charge in [0.25, 0.3) is 5.91 Å². The van der Waals surface area contributed by atoms with Gasteiger partial charge in [-0.05, 0) is 38.1 Å². The van der Waals surface area contributed by atoms with E-state index in [1.54, 1.807) is 4.90 Å². The van der Waals surface area contributed by atoms with E-state index in [2.05, 4.69) is 9.62 Å². The quantitative estimate of drug-likeness (QED) is 0.806. The van der Waals surface area contributed by atoms with Crippen molar-refractivity contribution < 1.29 is 22.3 Å². The molecule has 0 radical (unpaired) electrons. The minimum Gasteiger partial charge on any atom is -0.377 e. The summed E-state index contributed by atoms with van der Waals surface area (Å²) in [6.07, 6.45) is 2.42. The van der Waals surface area contributed by atoms with Crippen LogP contribution in [0.5, 0.6) is 0 Å². The molecule has 2 heterocycles. The SMILES string of the molecule is CNS(=O)(=O)c1ccc(F)c(C(=O)N2CCN(CC3CCCO3)CC2)c1. The number of halogens is 1. The molecule has 0 saturated carbocycles. The Hall–Kier alpha value is -1.55. The lowest BCUT2D eigenvalue weighted by Gasteiger charge is -2.35. The van der Waals surface area contributed by atoms with Crippen LogP contribution in [0.1, 0.15) is 23.2 Å². The average molecular weight is 385 g/mol. The monoisotopic (exact) mass is 385 g/mol. The fourth-order valence-corrected chi connectivity index (χ4v) is 4.09. The molecule has 2 aliphatic heterocycles. The van der Waals surface area contributed by atoms with Gasteiger partial charge in [-0.2, -0.15) is 0 Å². The van der Waals surface area contributed by atoms with Gasteiger partial charge in [-0.1, -0.05) is 0 Å². The third-order valence-corrected chi connectivity index (χ3v) is 6.30. The Morgan fingerprint density at radius 3 is 2.65 bits per heavy atom. The van der Waals surface area contributed by atoms with Gasteiger partial charge in [0.05, 0.1) is 16.6 Å². The summed E-state index contributed by atoms with van der Waals surface area (Å²) in [4.78, 5) is 16.4. The summed E-state index contributed by atoms with van der Waals surface area (Å²) in [6.45, 7) is 4.02. The highest BCUT2D eigenvalue weighted by Gasteiger charge is 2.27. The van der Waals surface area contributed by atoms with Crippen molar-refractivity contribution in [2.45, 2.75) is 23.8 Å². The fourth-order valence-electron chi connectivity index (χ4n) is 3.33. The molecule has 1 atom stereocenters. The highest BCUT2D eigenvalue weighted by atomic mass is 32.2. The highest BCUT2D eigenvalue weighted by Crippen LogP contribution is 2.19. The smallest absolute Gasteiger partial charge is 0.256 e. The number of sulfonamides is 1. The van der Waals surface area contributed by atoms with Crippen LogP contribution in [0.15, 0.2) is 23.1 Å². The molecule has 9 heteroatoms. The number of nitrogens with one attached hydrogen (secondary N) is 1. The van der Waals surface area contributed by atoms with Crippen molar-refractivity contribution in [1.29, 1.82) is 0 Å². The second-order valence-corrected chi connectivity index (χ2v) is 8.46. The van der Waals surface area contributed by atoms with Gasteiger partial charge in [0.2, 0.25) is 10.0 Å². The molecular weight excluding hydrogens is 361 g/mol. The molecular formula is C17H24FN3O4S. The van der Waals surface area contributed by atoms with Gasteiger partial charge >= 0.3 is 0 Å². The van der Waals surface area contributed by atoms with Crippen molar-refractivity contribution in [2.75, 3.05) is 46.4 Å². The lowest BCUT2D eigenvalue weighted by molar-refractivity contribution is 0.0430. The summed E-state index contributed by atoms with van der Waals surface area (Å²) < 4.78 is 45.7. The highest BCUT2D eigenvalue weighted by molar-refractivity contribution is 7.89. The number of benzene rings is 1. The van der Waals surface area contributed by atoms with Crippen LogP contribution in [0, 0.1) is 5.82 Å². The van der Waals surface area contributed by atoms with Gasteiger partial charge in [-0.3, -0.25) is 9.69 Å².